The predicted molar refractivity (Wildman–Crippen MR) is 164 cm³/mol. The maximum absolute atomic E-state index is 12.1. The largest absolute Gasteiger partial charge is 0.462 e. The molecule has 1 heterocycles. The highest BCUT2D eigenvalue weighted by atomic mass is 33.1. The smallest absolute Gasteiger partial charge is 0.333 e. The topological polar surface area (TPSA) is 59.1 Å². The van der Waals surface area contributed by atoms with E-state index in [9.17, 15) is 9.59 Å². The van der Waals surface area contributed by atoms with Crippen LogP contribution >= 0.6 is 22.0 Å². The number of nitrogens with zero attached hydrogens (tertiary/aromatic N) is 2. The average Bonchev–Trinajstić information content (AvgIpc) is 2.73. The van der Waals surface area contributed by atoms with Crippen LogP contribution in [0.5, 0.6) is 0 Å². The first kappa shape index (κ1) is 35.3. The van der Waals surface area contributed by atoms with Gasteiger partial charge in [-0.1, -0.05) is 45.6 Å². The minimum Gasteiger partial charge on any atom is -0.462 e. The van der Waals surface area contributed by atoms with Crippen LogP contribution < -0.4 is 0 Å². The lowest BCUT2D eigenvalue weighted by molar-refractivity contribution is -0.153. The normalized spacial score (nSPS) is 22.9. The van der Waals surface area contributed by atoms with E-state index in [1.54, 1.807) is 17.9 Å². The van der Waals surface area contributed by atoms with E-state index in [4.69, 9.17) is 9.47 Å². The molecule has 3 atom stereocenters. The summed E-state index contributed by atoms with van der Waals surface area (Å²) in [7, 11) is 3.61. The maximum atomic E-state index is 12.1. The first-order chi connectivity index (χ1) is 17.4. The lowest BCUT2D eigenvalue weighted by atomic mass is 9.77. The number of hydrogen-bond acceptors (Lipinski definition) is 8. The van der Waals surface area contributed by atoms with Gasteiger partial charge in [-0.2, -0.15) is 0 Å². The first-order valence-corrected chi connectivity index (χ1v) is 16.5. The number of carbonyl (C=O) groups excluding carboxylic acids is 2. The molecule has 0 spiro atoms. The van der Waals surface area contributed by atoms with E-state index in [0.717, 1.165) is 19.3 Å². The van der Waals surface area contributed by atoms with Crippen molar-refractivity contribution in [2.24, 2.45) is 0 Å². The van der Waals surface area contributed by atoms with Crippen molar-refractivity contribution in [1.29, 1.82) is 0 Å². The molecule has 1 saturated heterocycles. The SMILES string of the molecule is C=C(C)C(=O)OC(C)CC(C)(C)N(SSN1C(C)(C)CC(OC(C)=O)CC1(C)CCCCCCC)C(C)C. The summed E-state index contributed by atoms with van der Waals surface area (Å²) in [5.41, 5.74) is -0.0282. The number of carbonyl (C=O) groups is 2. The van der Waals surface area contributed by atoms with Crippen molar-refractivity contribution < 1.29 is 19.1 Å². The van der Waals surface area contributed by atoms with Gasteiger partial charge in [-0.3, -0.25) is 4.79 Å². The highest BCUT2D eigenvalue weighted by molar-refractivity contribution is 8.74. The Kier molecular flexibility index (Phi) is 14.3. The van der Waals surface area contributed by atoms with Crippen molar-refractivity contribution in [3.8, 4) is 0 Å². The van der Waals surface area contributed by atoms with Gasteiger partial charge in [0.25, 0.3) is 0 Å². The Morgan fingerprint density at radius 1 is 1.08 bits per heavy atom. The van der Waals surface area contributed by atoms with Gasteiger partial charge in [-0.05, 0) is 68.7 Å². The van der Waals surface area contributed by atoms with Crippen molar-refractivity contribution in [2.45, 2.75) is 169 Å². The van der Waals surface area contributed by atoms with Crippen LogP contribution in [0.25, 0.3) is 0 Å². The van der Waals surface area contributed by atoms with Gasteiger partial charge < -0.3 is 9.47 Å². The third kappa shape index (κ3) is 11.1. The third-order valence-corrected chi connectivity index (χ3v) is 10.6. The van der Waals surface area contributed by atoms with Crippen molar-refractivity contribution in [3.05, 3.63) is 12.2 Å². The lowest BCUT2D eigenvalue weighted by Crippen LogP contribution is -2.60. The summed E-state index contributed by atoms with van der Waals surface area (Å²) in [5, 5.41) is 0. The van der Waals surface area contributed by atoms with Crippen LogP contribution in [0.3, 0.4) is 0 Å². The van der Waals surface area contributed by atoms with Gasteiger partial charge in [0, 0.05) is 76.4 Å². The fourth-order valence-corrected chi connectivity index (χ4v) is 9.80. The minimum absolute atomic E-state index is 0.0634. The zero-order valence-corrected chi connectivity index (χ0v) is 27.8. The van der Waals surface area contributed by atoms with Gasteiger partial charge in [-0.25, -0.2) is 13.4 Å². The molecule has 1 fully saturated rings. The number of esters is 2. The second kappa shape index (κ2) is 15.3. The summed E-state index contributed by atoms with van der Waals surface area (Å²) in [6.07, 6.45) is 9.36. The van der Waals surface area contributed by atoms with E-state index in [1.807, 2.05) is 17.9 Å². The summed E-state index contributed by atoms with van der Waals surface area (Å²) in [6, 6.07) is 0.286. The van der Waals surface area contributed by atoms with E-state index in [2.05, 4.69) is 70.6 Å². The molecule has 1 aliphatic rings. The Hall–Kier alpha value is -0.700. The van der Waals surface area contributed by atoms with Gasteiger partial charge in [0.05, 0.1) is 0 Å². The van der Waals surface area contributed by atoms with E-state index in [-0.39, 0.29) is 46.8 Å². The molecule has 38 heavy (non-hydrogen) atoms. The fourth-order valence-electron chi connectivity index (χ4n) is 5.91. The molecule has 0 aromatic rings. The van der Waals surface area contributed by atoms with Crippen LogP contribution in [0.1, 0.15) is 134 Å². The van der Waals surface area contributed by atoms with Crippen molar-refractivity contribution >= 4 is 33.9 Å². The standard InChI is InChI=1S/C30H56N2O4S2/c1-13-14-15-16-17-18-30(12)21-26(36-25(7)33)20-29(10,11)32(30)38-37-31(23(4)5)28(8,9)19-24(6)35-27(34)22(2)3/h23-24,26H,2,13-21H2,1,3-12H3. The molecule has 0 N–H and O–H groups in total. The van der Waals surface area contributed by atoms with Crippen molar-refractivity contribution in [1.82, 2.24) is 8.61 Å². The van der Waals surface area contributed by atoms with E-state index < -0.39 is 0 Å². The zero-order chi connectivity index (χ0) is 29.3. The molecular formula is C30H56N2O4S2. The van der Waals surface area contributed by atoms with E-state index >= 15 is 0 Å². The Morgan fingerprint density at radius 3 is 2.21 bits per heavy atom. The lowest BCUT2D eigenvalue weighted by Gasteiger charge is -2.55. The summed E-state index contributed by atoms with van der Waals surface area (Å²) in [6.45, 7) is 26.9. The van der Waals surface area contributed by atoms with Crippen LogP contribution in [-0.4, -0.2) is 55.4 Å². The van der Waals surface area contributed by atoms with Crippen LogP contribution in [-0.2, 0) is 19.1 Å². The fraction of sp³-hybridized carbons (Fsp3) is 0.867. The summed E-state index contributed by atoms with van der Waals surface area (Å²) >= 11 is 0. The number of hydrogen-bond donors (Lipinski definition) is 0. The molecule has 222 valence electrons. The minimum atomic E-state index is -0.335. The van der Waals surface area contributed by atoms with Crippen LogP contribution in [0.4, 0.5) is 0 Å². The number of ether oxygens (including phenoxy) is 2. The Balaban J connectivity index is 3.09. The Morgan fingerprint density at radius 2 is 1.68 bits per heavy atom. The van der Waals surface area contributed by atoms with Crippen molar-refractivity contribution in [3.63, 3.8) is 0 Å². The molecule has 0 saturated carbocycles. The molecule has 1 aliphatic heterocycles. The predicted octanol–water partition coefficient (Wildman–Crippen LogP) is 8.51. The number of unbranched alkanes of at least 4 members (excludes halogenated alkanes) is 4. The summed E-state index contributed by atoms with van der Waals surface area (Å²) in [4.78, 5) is 23.9. The molecular weight excluding hydrogens is 516 g/mol. The molecule has 8 heteroatoms. The molecule has 6 nitrogen and oxygen atoms in total. The van der Waals surface area contributed by atoms with Crippen LogP contribution in [0, 0.1) is 0 Å². The highest BCUT2D eigenvalue weighted by Gasteiger charge is 2.50. The second-order valence-corrected chi connectivity index (χ2v) is 14.9. The molecule has 3 unspecified atom stereocenters. The Labute approximate surface area is 242 Å². The monoisotopic (exact) mass is 572 g/mol. The van der Waals surface area contributed by atoms with Gasteiger partial charge in [0.15, 0.2) is 0 Å². The molecule has 0 bridgehead atoms. The average molecular weight is 573 g/mol. The molecule has 0 aromatic carbocycles. The third-order valence-electron chi connectivity index (χ3n) is 7.28. The zero-order valence-electron chi connectivity index (χ0n) is 26.1. The molecule has 0 aliphatic carbocycles. The van der Waals surface area contributed by atoms with Crippen molar-refractivity contribution in [2.75, 3.05) is 0 Å². The van der Waals surface area contributed by atoms with Gasteiger partial charge in [0.2, 0.25) is 0 Å². The van der Waals surface area contributed by atoms with Crippen LogP contribution in [0.15, 0.2) is 12.2 Å². The van der Waals surface area contributed by atoms with E-state index in [0.29, 0.717) is 12.0 Å². The number of rotatable bonds is 16. The summed E-state index contributed by atoms with van der Waals surface area (Å²) < 4.78 is 16.4. The quantitative estimate of drug-likeness (QED) is 0.0600. The van der Waals surface area contributed by atoms with Crippen LogP contribution in [0.2, 0.25) is 0 Å². The molecule has 0 radical (unpaired) electrons. The summed E-state index contributed by atoms with van der Waals surface area (Å²) in [5.74, 6) is -0.528. The van der Waals surface area contributed by atoms with Gasteiger partial charge in [0.1, 0.15) is 12.2 Å². The molecule has 0 aromatic heterocycles. The maximum Gasteiger partial charge on any atom is 0.333 e. The molecule has 1 rings (SSSR count). The highest BCUT2D eigenvalue weighted by Crippen LogP contribution is 2.51. The van der Waals surface area contributed by atoms with Gasteiger partial charge in [-0.15, -0.1) is 0 Å². The first-order valence-electron chi connectivity index (χ1n) is 14.4. The second-order valence-electron chi connectivity index (χ2n) is 13.0. The Bertz CT molecular complexity index is 786. The van der Waals surface area contributed by atoms with Gasteiger partial charge >= 0.3 is 11.9 Å². The molecule has 0 amide bonds. The van der Waals surface area contributed by atoms with E-state index in [1.165, 1.54) is 39.0 Å². The number of piperidine rings is 1.